The molecule has 122 valence electrons. The van der Waals surface area contributed by atoms with Crippen LogP contribution in [0.1, 0.15) is 32.4 Å². The Bertz CT molecular complexity index is 618. The molecule has 0 radical (unpaired) electrons. The molecule has 1 fully saturated rings. The lowest BCUT2D eigenvalue weighted by Gasteiger charge is -2.37. The van der Waals surface area contributed by atoms with Crippen molar-refractivity contribution in [1.82, 2.24) is 10.2 Å². The van der Waals surface area contributed by atoms with Gasteiger partial charge in [0, 0.05) is 18.3 Å². The molecular weight excluding hydrogens is 306 g/mol. The summed E-state index contributed by atoms with van der Waals surface area (Å²) in [6.07, 6.45) is 0.243. The summed E-state index contributed by atoms with van der Waals surface area (Å²) in [5, 5.41) is 10.3. The Morgan fingerprint density at radius 3 is 2.52 bits per heavy atom. The van der Waals surface area contributed by atoms with Crippen LogP contribution >= 0.6 is 11.8 Å². The van der Waals surface area contributed by atoms with Gasteiger partial charge in [-0.05, 0) is 24.6 Å². The molecule has 2 unspecified atom stereocenters. The van der Waals surface area contributed by atoms with Crippen molar-refractivity contribution in [3.05, 3.63) is 48.0 Å². The molecule has 23 heavy (non-hydrogen) atoms. The van der Waals surface area contributed by atoms with Crippen LogP contribution in [0.15, 0.2) is 47.5 Å². The van der Waals surface area contributed by atoms with Crippen molar-refractivity contribution < 1.29 is 4.74 Å². The maximum absolute atomic E-state index is 6.11. The summed E-state index contributed by atoms with van der Waals surface area (Å²) in [5.41, 5.74) is 1.21. The molecule has 3 rings (SSSR count). The van der Waals surface area contributed by atoms with Crippen LogP contribution in [-0.4, -0.2) is 34.6 Å². The van der Waals surface area contributed by atoms with Gasteiger partial charge in [0.25, 0.3) is 0 Å². The van der Waals surface area contributed by atoms with E-state index in [-0.39, 0.29) is 12.2 Å². The third-order valence-corrected chi connectivity index (χ3v) is 4.67. The predicted octanol–water partition coefficient (Wildman–Crippen LogP) is 3.94. The molecule has 0 saturated carbocycles. The smallest absolute Gasteiger partial charge is 0.151 e. The summed E-state index contributed by atoms with van der Waals surface area (Å²) in [7, 11) is 0. The topological polar surface area (TPSA) is 38.2 Å². The standard InChI is InChI=1S/C18H23N3OS/c1-13(2)23-18-10-9-17(19-20-18)21-11-14(3)22-16(12-21)15-7-5-4-6-8-15/h4-10,13-14,16H,11-12H2,1-3H3. The first-order valence-corrected chi connectivity index (χ1v) is 8.95. The lowest BCUT2D eigenvalue weighted by Crippen LogP contribution is -2.43. The zero-order chi connectivity index (χ0) is 16.2. The second-order valence-electron chi connectivity index (χ2n) is 6.15. The van der Waals surface area contributed by atoms with Crippen LogP contribution in [0.2, 0.25) is 0 Å². The molecule has 0 bridgehead atoms. The van der Waals surface area contributed by atoms with Gasteiger partial charge in [-0.15, -0.1) is 22.0 Å². The minimum atomic E-state index is 0.0754. The van der Waals surface area contributed by atoms with E-state index < -0.39 is 0 Å². The Labute approximate surface area is 142 Å². The second-order valence-corrected chi connectivity index (χ2v) is 7.74. The summed E-state index contributed by atoms with van der Waals surface area (Å²) in [6, 6.07) is 14.5. The fourth-order valence-electron chi connectivity index (χ4n) is 2.78. The summed E-state index contributed by atoms with van der Waals surface area (Å²) < 4.78 is 6.11. The minimum absolute atomic E-state index is 0.0754. The first kappa shape index (κ1) is 16.3. The molecule has 2 atom stereocenters. The monoisotopic (exact) mass is 329 g/mol. The molecule has 1 aromatic heterocycles. The highest BCUT2D eigenvalue weighted by Gasteiger charge is 2.27. The SMILES string of the molecule is CC1CN(c2ccc(SC(C)C)nn2)CC(c2ccccc2)O1. The number of hydrogen-bond donors (Lipinski definition) is 0. The lowest BCUT2D eigenvalue weighted by molar-refractivity contribution is -0.0176. The Balaban J connectivity index is 1.74. The fourth-order valence-corrected chi connectivity index (χ4v) is 3.49. The summed E-state index contributed by atoms with van der Waals surface area (Å²) >= 11 is 1.73. The number of rotatable bonds is 4. The van der Waals surface area contributed by atoms with Gasteiger partial charge >= 0.3 is 0 Å². The third-order valence-electron chi connectivity index (χ3n) is 3.74. The van der Waals surface area contributed by atoms with Crippen LogP contribution in [-0.2, 0) is 4.74 Å². The van der Waals surface area contributed by atoms with Gasteiger partial charge in [0.05, 0.1) is 6.10 Å². The molecule has 2 aromatic rings. The van der Waals surface area contributed by atoms with Crippen LogP contribution in [0.3, 0.4) is 0 Å². The molecule has 5 heteroatoms. The lowest BCUT2D eigenvalue weighted by atomic mass is 10.1. The van der Waals surface area contributed by atoms with Crippen LogP contribution in [0.4, 0.5) is 5.82 Å². The van der Waals surface area contributed by atoms with Gasteiger partial charge in [0.1, 0.15) is 11.1 Å². The number of morpholine rings is 1. The normalized spacial score (nSPS) is 21.7. The van der Waals surface area contributed by atoms with Crippen LogP contribution in [0, 0.1) is 0 Å². The van der Waals surface area contributed by atoms with Gasteiger partial charge < -0.3 is 9.64 Å². The van der Waals surface area contributed by atoms with E-state index in [1.54, 1.807) is 11.8 Å². The van der Waals surface area contributed by atoms with Crippen LogP contribution < -0.4 is 4.90 Å². The van der Waals surface area contributed by atoms with Crippen molar-refractivity contribution in [2.24, 2.45) is 0 Å². The Morgan fingerprint density at radius 2 is 1.87 bits per heavy atom. The van der Waals surface area contributed by atoms with E-state index in [0.717, 1.165) is 23.9 Å². The van der Waals surface area contributed by atoms with Crippen LogP contribution in [0.5, 0.6) is 0 Å². The van der Waals surface area contributed by atoms with Crippen molar-refractivity contribution in [1.29, 1.82) is 0 Å². The van der Waals surface area contributed by atoms with Crippen molar-refractivity contribution in [3.8, 4) is 0 Å². The van der Waals surface area contributed by atoms with Gasteiger partial charge in [0.2, 0.25) is 0 Å². The van der Waals surface area contributed by atoms with Gasteiger partial charge in [-0.3, -0.25) is 0 Å². The summed E-state index contributed by atoms with van der Waals surface area (Å²) in [5.74, 6) is 0.925. The molecule has 2 heterocycles. The number of hydrogen-bond acceptors (Lipinski definition) is 5. The molecule has 1 aliphatic heterocycles. The number of benzene rings is 1. The molecule has 0 amide bonds. The Hall–Kier alpha value is -1.59. The maximum atomic E-state index is 6.11. The molecule has 1 aromatic carbocycles. The van der Waals surface area contributed by atoms with E-state index in [2.05, 4.69) is 72.3 Å². The second kappa shape index (κ2) is 7.32. The van der Waals surface area contributed by atoms with E-state index in [4.69, 9.17) is 4.74 Å². The highest BCUT2D eigenvalue weighted by molar-refractivity contribution is 7.99. The molecule has 1 aliphatic rings. The Morgan fingerprint density at radius 1 is 1.09 bits per heavy atom. The molecule has 4 nitrogen and oxygen atoms in total. The van der Waals surface area contributed by atoms with Gasteiger partial charge in [-0.2, -0.15) is 0 Å². The number of aromatic nitrogens is 2. The van der Waals surface area contributed by atoms with E-state index >= 15 is 0 Å². The average molecular weight is 329 g/mol. The van der Waals surface area contributed by atoms with E-state index in [1.165, 1.54) is 5.56 Å². The maximum Gasteiger partial charge on any atom is 0.151 e. The van der Waals surface area contributed by atoms with Crippen LogP contribution in [0.25, 0.3) is 0 Å². The van der Waals surface area contributed by atoms with Crippen molar-refractivity contribution >= 4 is 17.6 Å². The number of ether oxygens (including phenoxy) is 1. The predicted molar refractivity (Wildman–Crippen MR) is 95.0 cm³/mol. The van der Waals surface area contributed by atoms with E-state index in [9.17, 15) is 0 Å². The summed E-state index contributed by atoms with van der Waals surface area (Å²) in [6.45, 7) is 8.08. The van der Waals surface area contributed by atoms with E-state index in [1.807, 2.05) is 6.07 Å². The van der Waals surface area contributed by atoms with Crippen molar-refractivity contribution in [2.45, 2.75) is 43.3 Å². The van der Waals surface area contributed by atoms with Gasteiger partial charge in [0.15, 0.2) is 5.82 Å². The van der Waals surface area contributed by atoms with Crippen molar-refractivity contribution in [2.75, 3.05) is 18.0 Å². The third kappa shape index (κ3) is 4.24. The minimum Gasteiger partial charge on any atom is -0.367 e. The number of thioether (sulfide) groups is 1. The molecule has 0 N–H and O–H groups in total. The average Bonchev–Trinajstić information content (AvgIpc) is 2.55. The van der Waals surface area contributed by atoms with Gasteiger partial charge in [-0.1, -0.05) is 44.2 Å². The first-order chi connectivity index (χ1) is 11.1. The molecule has 0 spiro atoms. The first-order valence-electron chi connectivity index (χ1n) is 8.07. The molecule has 0 aliphatic carbocycles. The number of nitrogens with zero attached hydrogens (tertiary/aromatic N) is 3. The fraction of sp³-hybridized carbons (Fsp3) is 0.444. The number of anilines is 1. The van der Waals surface area contributed by atoms with Crippen molar-refractivity contribution in [3.63, 3.8) is 0 Å². The van der Waals surface area contributed by atoms with E-state index in [0.29, 0.717) is 5.25 Å². The molecular formula is C18H23N3OS. The zero-order valence-corrected chi connectivity index (χ0v) is 14.7. The largest absolute Gasteiger partial charge is 0.367 e. The summed E-state index contributed by atoms with van der Waals surface area (Å²) in [4.78, 5) is 2.27. The molecule has 1 saturated heterocycles. The zero-order valence-electron chi connectivity index (χ0n) is 13.8. The van der Waals surface area contributed by atoms with Gasteiger partial charge in [-0.25, -0.2) is 0 Å². The Kier molecular flexibility index (Phi) is 5.18. The quantitative estimate of drug-likeness (QED) is 0.794. The highest BCUT2D eigenvalue weighted by Crippen LogP contribution is 2.28. The highest BCUT2D eigenvalue weighted by atomic mass is 32.2.